The lowest BCUT2D eigenvalue weighted by Crippen LogP contribution is -2.26. The lowest BCUT2D eigenvalue weighted by Gasteiger charge is -2.11. The lowest BCUT2D eigenvalue weighted by molar-refractivity contribution is 0.0556. The summed E-state index contributed by atoms with van der Waals surface area (Å²) in [6.45, 7) is 5.81. The van der Waals surface area contributed by atoms with Crippen molar-refractivity contribution in [1.29, 1.82) is 0 Å². The molecule has 15 heavy (non-hydrogen) atoms. The van der Waals surface area contributed by atoms with Gasteiger partial charge < -0.3 is 14.5 Å². The lowest BCUT2D eigenvalue weighted by atomic mass is 10.2. The average molecular weight is 209 g/mol. The van der Waals surface area contributed by atoms with Crippen LogP contribution in [0.25, 0.3) is 0 Å². The first-order valence-corrected chi connectivity index (χ1v) is 5.65. The average Bonchev–Trinajstić information content (AvgIpc) is 2.76. The van der Waals surface area contributed by atoms with Crippen LogP contribution in [0.1, 0.15) is 31.3 Å². The van der Waals surface area contributed by atoms with Gasteiger partial charge in [-0.3, -0.25) is 0 Å². The minimum atomic E-state index is 0.385. The van der Waals surface area contributed by atoms with Crippen molar-refractivity contribution in [1.82, 2.24) is 5.32 Å². The van der Waals surface area contributed by atoms with E-state index < -0.39 is 0 Å². The maximum atomic E-state index is 5.71. The molecule has 84 valence electrons. The molecule has 0 aromatic carbocycles. The van der Waals surface area contributed by atoms with Crippen LogP contribution in [0.5, 0.6) is 0 Å². The predicted octanol–water partition coefficient (Wildman–Crippen LogP) is 2.25. The van der Waals surface area contributed by atoms with Gasteiger partial charge in [-0.25, -0.2) is 0 Å². The van der Waals surface area contributed by atoms with Crippen LogP contribution in [-0.4, -0.2) is 18.8 Å². The molecule has 0 bridgehead atoms. The Kier molecular flexibility index (Phi) is 3.44. The van der Waals surface area contributed by atoms with Gasteiger partial charge in [0.15, 0.2) is 0 Å². The maximum Gasteiger partial charge on any atom is 0.117 e. The van der Waals surface area contributed by atoms with Crippen molar-refractivity contribution in [2.45, 2.75) is 45.4 Å². The molecular formula is C12H19NO2. The fourth-order valence-corrected chi connectivity index (χ4v) is 1.97. The maximum absolute atomic E-state index is 5.71. The topological polar surface area (TPSA) is 34.4 Å². The molecule has 3 nitrogen and oxygen atoms in total. The Morgan fingerprint density at radius 1 is 1.40 bits per heavy atom. The molecule has 1 aromatic heterocycles. The number of hydrogen-bond donors (Lipinski definition) is 1. The van der Waals surface area contributed by atoms with Gasteiger partial charge in [0.1, 0.15) is 11.5 Å². The molecule has 1 aromatic rings. The minimum Gasteiger partial charge on any atom is -0.465 e. The standard InChI is InChI=1S/C12H19NO2/c1-9-3-5-11(14-9)7-13-8-12-6-4-10(2)15-12/h3,5,10,12-13H,4,6-8H2,1-2H3. The summed E-state index contributed by atoms with van der Waals surface area (Å²) >= 11 is 0. The highest BCUT2D eigenvalue weighted by Gasteiger charge is 2.20. The van der Waals surface area contributed by atoms with Gasteiger partial charge in [0, 0.05) is 6.54 Å². The zero-order chi connectivity index (χ0) is 10.7. The van der Waals surface area contributed by atoms with E-state index in [0.29, 0.717) is 12.2 Å². The molecule has 0 amide bonds. The highest BCUT2D eigenvalue weighted by molar-refractivity contribution is 5.05. The molecule has 0 aliphatic carbocycles. The van der Waals surface area contributed by atoms with Gasteiger partial charge in [-0.2, -0.15) is 0 Å². The van der Waals surface area contributed by atoms with Crippen LogP contribution in [0.4, 0.5) is 0 Å². The fraction of sp³-hybridized carbons (Fsp3) is 0.667. The van der Waals surface area contributed by atoms with E-state index in [1.54, 1.807) is 0 Å². The summed E-state index contributed by atoms with van der Waals surface area (Å²) in [5, 5.41) is 3.36. The second kappa shape index (κ2) is 4.81. The summed E-state index contributed by atoms with van der Waals surface area (Å²) in [7, 11) is 0. The van der Waals surface area contributed by atoms with Crippen molar-refractivity contribution in [2.24, 2.45) is 0 Å². The second-order valence-electron chi connectivity index (χ2n) is 4.29. The molecule has 0 spiro atoms. The van der Waals surface area contributed by atoms with Crippen molar-refractivity contribution in [3.05, 3.63) is 23.7 Å². The van der Waals surface area contributed by atoms with E-state index in [1.807, 2.05) is 19.1 Å². The first-order valence-electron chi connectivity index (χ1n) is 5.65. The van der Waals surface area contributed by atoms with E-state index in [2.05, 4.69) is 12.2 Å². The Labute approximate surface area is 90.8 Å². The summed E-state index contributed by atoms with van der Waals surface area (Å²) in [4.78, 5) is 0. The predicted molar refractivity (Wildman–Crippen MR) is 58.7 cm³/mol. The van der Waals surface area contributed by atoms with E-state index in [1.165, 1.54) is 12.8 Å². The third-order valence-corrected chi connectivity index (χ3v) is 2.79. The second-order valence-corrected chi connectivity index (χ2v) is 4.29. The Morgan fingerprint density at radius 3 is 2.87 bits per heavy atom. The van der Waals surface area contributed by atoms with Gasteiger partial charge in [0.05, 0.1) is 18.8 Å². The van der Waals surface area contributed by atoms with Crippen molar-refractivity contribution in [3.63, 3.8) is 0 Å². The Hall–Kier alpha value is -0.800. The van der Waals surface area contributed by atoms with Crippen LogP contribution in [0.15, 0.2) is 16.5 Å². The Bertz CT molecular complexity index is 308. The van der Waals surface area contributed by atoms with Gasteiger partial charge in [0.2, 0.25) is 0 Å². The number of nitrogens with one attached hydrogen (secondary N) is 1. The SMILES string of the molecule is Cc1ccc(CNCC2CCC(C)O2)o1. The summed E-state index contributed by atoms with van der Waals surface area (Å²) < 4.78 is 11.2. The van der Waals surface area contributed by atoms with E-state index in [-0.39, 0.29) is 0 Å². The first kappa shape index (κ1) is 10.7. The van der Waals surface area contributed by atoms with Crippen LogP contribution in [0.3, 0.4) is 0 Å². The van der Waals surface area contributed by atoms with Crippen LogP contribution in [0.2, 0.25) is 0 Å². The molecule has 1 saturated heterocycles. The highest BCUT2D eigenvalue weighted by Crippen LogP contribution is 2.18. The van der Waals surface area contributed by atoms with E-state index in [9.17, 15) is 0 Å². The van der Waals surface area contributed by atoms with Crippen molar-refractivity contribution in [2.75, 3.05) is 6.54 Å². The number of ether oxygens (including phenoxy) is 1. The first-order chi connectivity index (χ1) is 7.24. The van der Waals surface area contributed by atoms with E-state index in [0.717, 1.165) is 24.6 Å². The summed E-state index contributed by atoms with van der Waals surface area (Å²) in [5.74, 6) is 1.97. The molecule has 1 N–H and O–H groups in total. The zero-order valence-corrected chi connectivity index (χ0v) is 9.45. The van der Waals surface area contributed by atoms with Gasteiger partial charge in [-0.15, -0.1) is 0 Å². The van der Waals surface area contributed by atoms with Gasteiger partial charge in [0.25, 0.3) is 0 Å². The summed E-state index contributed by atoms with van der Waals surface area (Å²) in [6.07, 6.45) is 3.18. The summed E-state index contributed by atoms with van der Waals surface area (Å²) in [5.41, 5.74) is 0. The molecule has 1 aliphatic rings. The molecule has 0 radical (unpaired) electrons. The van der Waals surface area contributed by atoms with Crippen LogP contribution < -0.4 is 5.32 Å². The molecule has 1 aliphatic heterocycles. The third-order valence-electron chi connectivity index (χ3n) is 2.79. The number of rotatable bonds is 4. The third kappa shape index (κ3) is 3.08. The van der Waals surface area contributed by atoms with Gasteiger partial charge >= 0.3 is 0 Å². The fourth-order valence-electron chi connectivity index (χ4n) is 1.97. The molecule has 3 heteroatoms. The molecule has 2 atom stereocenters. The molecule has 1 fully saturated rings. The molecule has 2 rings (SSSR count). The molecule has 0 saturated carbocycles. The molecule has 2 unspecified atom stereocenters. The minimum absolute atomic E-state index is 0.385. The quantitative estimate of drug-likeness (QED) is 0.826. The van der Waals surface area contributed by atoms with Crippen LogP contribution >= 0.6 is 0 Å². The molecular weight excluding hydrogens is 190 g/mol. The smallest absolute Gasteiger partial charge is 0.117 e. The summed E-state index contributed by atoms with van der Waals surface area (Å²) in [6, 6.07) is 4.01. The van der Waals surface area contributed by atoms with Crippen LogP contribution in [-0.2, 0) is 11.3 Å². The van der Waals surface area contributed by atoms with E-state index in [4.69, 9.17) is 9.15 Å². The van der Waals surface area contributed by atoms with Crippen molar-refractivity contribution < 1.29 is 9.15 Å². The van der Waals surface area contributed by atoms with Crippen molar-refractivity contribution >= 4 is 0 Å². The molecule has 2 heterocycles. The number of hydrogen-bond acceptors (Lipinski definition) is 3. The number of aryl methyl sites for hydroxylation is 1. The van der Waals surface area contributed by atoms with Crippen LogP contribution in [0, 0.1) is 6.92 Å². The van der Waals surface area contributed by atoms with Gasteiger partial charge in [-0.1, -0.05) is 0 Å². The normalized spacial score (nSPS) is 26.0. The van der Waals surface area contributed by atoms with Gasteiger partial charge in [-0.05, 0) is 38.8 Å². The zero-order valence-electron chi connectivity index (χ0n) is 9.45. The van der Waals surface area contributed by atoms with E-state index >= 15 is 0 Å². The monoisotopic (exact) mass is 209 g/mol. The highest BCUT2D eigenvalue weighted by atomic mass is 16.5. The Morgan fingerprint density at radius 2 is 2.27 bits per heavy atom. The largest absolute Gasteiger partial charge is 0.465 e. The van der Waals surface area contributed by atoms with Crippen molar-refractivity contribution in [3.8, 4) is 0 Å². The Balaban J connectivity index is 1.67. The number of furan rings is 1.